The number of hydrogen-bond acceptors (Lipinski definition) is 7. The molecule has 1 unspecified atom stereocenters. The molecule has 10 nitrogen and oxygen atoms in total. The third kappa shape index (κ3) is 10.3. The summed E-state index contributed by atoms with van der Waals surface area (Å²) in [5, 5.41) is 7.42. The number of piperazine rings is 1. The van der Waals surface area contributed by atoms with Crippen molar-refractivity contribution in [2.45, 2.75) is 58.8 Å². The summed E-state index contributed by atoms with van der Waals surface area (Å²) >= 11 is 6.27. The zero-order valence-corrected chi connectivity index (χ0v) is 25.9. The van der Waals surface area contributed by atoms with Crippen LogP contribution in [0.5, 0.6) is 0 Å². The van der Waals surface area contributed by atoms with E-state index in [-0.39, 0.29) is 18.3 Å². The van der Waals surface area contributed by atoms with E-state index in [1.165, 1.54) is 28.0 Å². The zero-order chi connectivity index (χ0) is 30.6. The van der Waals surface area contributed by atoms with Gasteiger partial charge in [0, 0.05) is 56.6 Å². The highest BCUT2D eigenvalue weighted by Crippen LogP contribution is 2.33. The molecule has 0 bridgehead atoms. The summed E-state index contributed by atoms with van der Waals surface area (Å²) < 4.78 is 11.5. The summed E-state index contributed by atoms with van der Waals surface area (Å²) in [5.41, 5.74) is 11.0. The average Bonchev–Trinajstić information content (AvgIpc) is 3.27. The topological polar surface area (TPSA) is 124 Å². The van der Waals surface area contributed by atoms with Crippen LogP contribution in [0.3, 0.4) is 0 Å². The molecule has 3 aliphatic rings. The van der Waals surface area contributed by atoms with Crippen molar-refractivity contribution in [2.75, 3.05) is 26.2 Å². The van der Waals surface area contributed by atoms with Crippen LogP contribution in [0.1, 0.15) is 44.5 Å². The second kappa shape index (κ2) is 16.0. The first-order valence-electron chi connectivity index (χ1n) is 14.2. The molecule has 228 valence electrons. The Morgan fingerprint density at radius 3 is 2.45 bits per heavy atom. The Bertz CT molecular complexity index is 1290. The third-order valence-corrected chi connectivity index (χ3v) is 6.85. The molecule has 2 aromatic rings. The van der Waals surface area contributed by atoms with E-state index in [1.807, 2.05) is 45.7 Å². The lowest BCUT2D eigenvalue weighted by Gasteiger charge is -2.27. The van der Waals surface area contributed by atoms with Crippen molar-refractivity contribution in [1.29, 1.82) is 0 Å². The fourth-order valence-corrected chi connectivity index (χ4v) is 4.82. The van der Waals surface area contributed by atoms with Crippen molar-refractivity contribution in [3.8, 4) is 0 Å². The molecule has 11 heteroatoms. The van der Waals surface area contributed by atoms with Crippen LogP contribution in [0, 0.1) is 0 Å². The lowest BCUT2D eigenvalue weighted by molar-refractivity contribution is 0.0732. The summed E-state index contributed by atoms with van der Waals surface area (Å²) in [6.45, 7) is 10.5. The Morgan fingerprint density at radius 2 is 1.86 bits per heavy atom. The van der Waals surface area contributed by atoms with Gasteiger partial charge in [-0.2, -0.15) is 0 Å². The summed E-state index contributed by atoms with van der Waals surface area (Å²) in [5.74, 6) is 0. The molecule has 1 aromatic carbocycles. The first-order chi connectivity index (χ1) is 20.0. The number of dihydropyridines is 1. The Labute approximate surface area is 253 Å². The molecule has 0 saturated carbocycles. The van der Waals surface area contributed by atoms with Crippen LogP contribution in [0.15, 0.2) is 60.7 Å². The number of allylic oxidation sites excluding steroid dienone is 3. The van der Waals surface area contributed by atoms with E-state index in [0.29, 0.717) is 6.04 Å². The van der Waals surface area contributed by atoms with Gasteiger partial charge in [0.1, 0.15) is 0 Å². The van der Waals surface area contributed by atoms with E-state index < -0.39 is 6.09 Å². The Kier molecular flexibility index (Phi) is 12.5. The van der Waals surface area contributed by atoms with Crippen molar-refractivity contribution < 1.29 is 19.1 Å². The maximum atomic E-state index is 11.3. The number of carbonyl (C=O) groups excluding carboxylic acids is 2. The number of fused-ring (bicyclic) bond motifs is 2. The van der Waals surface area contributed by atoms with Gasteiger partial charge >= 0.3 is 12.2 Å². The number of benzene rings is 1. The number of carbonyl (C=O) groups is 2. The molecule has 42 heavy (non-hydrogen) atoms. The predicted molar refractivity (Wildman–Crippen MR) is 166 cm³/mol. The molecule has 1 atom stereocenters. The van der Waals surface area contributed by atoms with Gasteiger partial charge in [-0.1, -0.05) is 29.8 Å². The maximum absolute atomic E-state index is 11.3. The second-order valence-electron chi connectivity index (χ2n) is 10.7. The van der Waals surface area contributed by atoms with Crippen molar-refractivity contribution in [3.63, 3.8) is 0 Å². The van der Waals surface area contributed by atoms with Crippen LogP contribution in [0.25, 0.3) is 5.57 Å². The predicted octanol–water partition coefficient (Wildman–Crippen LogP) is 4.59. The number of imidazole rings is 1. The first kappa shape index (κ1) is 32.8. The number of nitrogens with two attached hydrogens (primary N) is 1. The van der Waals surface area contributed by atoms with Crippen LogP contribution in [0.4, 0.5) is 9.59 Å². The Morgan fingerprint density at radius 1 is 1.14 bits per heavy atom. The van der Waals surface area contributed by atoms with E-state index in [2.05, 4.69) is 61.0 Å². The molecule has 0 radical (unpaired) electrons. The second-order valence-corrected chi connectivity index (χ2v) is 11.2. The minimum absolute atomic E-state index is 0.0209. The number of halogens is 1. The van der Waals surface area contributed by atoms with Gasteiger partial charge in [-0.05, 0) is 80.8 Å². The van der Waals surface area contributed by atoms with Gasteiger partial charge in [0.15, 0.2) is 0 Å². The quantitative estimate of drug-likeness (QED) is 0.470. The summed E-state index contributed by atoms with van der Waals surface area (Å²) in [6, 6.07) is 6.54. The third-order valence-electron chi connectivity index (χ3n) is 6.62. The van der Waals surface area contributed by atoms with Crippen molar-refractivity contribution in [1.82, 2.24) is 25.1 Å². The molecule has 1 aliphatic carbocycles. The maximum Gasteiger partial charge on any atom is 0.410 e. The van der Waals surface area contributed by atoms with Crippen molar-refractivity contribution in [3.05, 3.63) is 82.6 Å². The molecular weight excluding hydrogens is 556 g/mol. The van der Waals surface area contributed by atoms with Crippen molar-refractivity contribution in [2.24, 2.45) is 12.8 Å². The summed E-state index contributed by atoms with van der Waals surface area (Å²) in [6.07, 6.45) is 13.1. The number of amides is 2. The highest BCUT2D eigenvalue weighted by Gasteiger charge is 2.23. The molecule has 0 spiro atoms. The van der Waals surface area contributed by atoms with Gasteiger partial charge in [-0.15, -0.1) is 0 Å². The first-order valence-corrected chi connectivity index (χ1v) is 14.6. The lowest BCUT2D eigenvalue weighted by Crippen LogP contribution is -2.47. The highest BCUT2D eigenvalue weighted by atomic mass is 35.5. The molecule has 1 saturated heterocycles. The molecule has 3 heterocycles. The number of hydrogen-bond donors (Lipinski definition) is 3. The number of nitrogens with one attached hydrogen (secondary N) is 2. The van der Waals surface area contributed by atoms with Crippen LogP contribution in [0.2, 0.25) is 5.02 Å². The van der Waals surface area contributed by atoms with Gasteiger partial charge in [0.05, 0.1) is 24.6 Å². The minimum Gasteiger partial charge on any atom is -0.447 e. The van der Waals surface area contributed by atoms with Gasteiger partial charge in [0.2, 0.25) is 0 Å². The van der Waals surface area contributed by atoms with E-state index >= 15 is 0 Å². The Hall–Kier alpha value is -3.76. The van der Waals surface area contributed by atoms with Crippen LogP contribution >= 0.6 is 11.6 Å². The molecule has 2 amide bonds. The van der Waals surface area contributed by atoms with Crippen LogP contribution < -0.4 is 16.4 Å². The van der Waals surface area contributed by atoms with Crippen molar-refractivity contribution >= 4 is 29.4 Å². The van der Waals surface area contributed by atoms with E-state index in [4.69, 9.17) is 16.3 Å². The number of ether oxygens (including phenoxy) is 2. The van der Waals surface area contributed by atoms with E-state index in [1.54, 1.807) is 18.7 Å². The fraction of sp³-hybridized carbons (Fsp3) is 0.452. The molecule has 1 fully saturated rings. The summed E-state index contributed by atoms with van der Waals surface area (Å²) in [7, 11) is 2.03. The normalized spacial score (nSPS) is 17.1. The van der Waals surface area contributed by atoms with E-state index in [9.17, 15) is 9.59 Å². The number of rotatable bonds is 4. The van der Waals surface area contributed by atoms with Gasteiger partial charge in [-0.3, -0.25) is 0 Å². The lowest BCUT2D eigenvalue weighted by atomic mass is 9.95. The van der Waals surface area contributed by atoms with Gasteiger partial charge in [0.25, 0.3) is 0 Å². The fourth-order valence-electron chi connectivity index (χ4n) is 4.65. The van der Waals surface area contributed by atoms with Gasteiger partial charge in [-0.25, -0.2) is 14.6 Å². The van der Waals surface area contributed by atoms with Gasteiger partial charge < -0.3 is 35.3 Å². The summed E-state index contributed by atoms with van der Waals surface area (Å²) in [4.78, 5) is 27.1. The van der Waals surface area contributed by atoms with Crippen LogP contribution in [-0.4, -0.2) is 71.1 Å². The number of aryl methyl sites for hydroxylation is 1. The smallest absolute Gasteiger partial charge is 0.410 e. The Balaban J connectivity index is 0.000000213. The zero-order valence-electron chi connectivity index (χ0n) is 25.1. The number of primary amides is 1. The van der Waals surface area contributed by atoms with Crippen LogP contribution in [-0.2, 0) is 29.4 Å². The number of nitrogens with zero attached hydrogens (tertiary/aromatic N) is 3. The molecule has 2 aliphatic heterocycles. The SMILES string of the molecule is CC(C)OC(=O)N1CCNCC1.CC(C)OC(N)=O.Cn1cncc1CC1=CC2=CC=CNC2Cc2ccc(Cl)cc21. The molecular formula is C31H43ClN6O4. The average molecular weight is 599 g/mol. The standard InChI is InChI=1S/C19H18ClN3.C8H16N2O2.C4H9NO2/c1-23-12-21-11-17(23)8-15-7-14-3-2-6-22-19(14)9-13-4-5-16(20)10-18(13)15;1-7(2)12-8(11)10-5-3-9-4-6-10;1-3(2)7-4(5)6/h2-7,10-12,19,22H,8-9H2,1H3;7,9H,3-6H2,1-2H3;3H,1-2H3,(H2,5,6). The molecule has 5 rings (SSSR count). The minimum atomic E-state index is -0.713. The largest absolute Gasteiger partial charge is 0.447 e. The highest BCUT2D eigenvalue weighted by molar-refractivity contribution is 6.30. The monoisotopic (exact) mass is 598 g/mol. The molecule has 1 aromatic heterocycles. The number of aromatic nitrogens is 2. The molecule has 4 N–H and O–H groups in total. The van der Waals surface area contributed by atoms with E-state index in [0.717, 1.165) is 44.0 Å².